The molecule has 0 bridgehead atoms. The molecular weight excluding hydrogens is 298 g/mol. The summed E-state index contributed by atoms with van der Waals surface area (Å²) in [6.07, 6.45) is -8.78. The van der Waals surface area contributed by atoms with E-state index in [-0.39, 0.29) is 13.1 Å². The summed E-state index contributed by atoms with van der Waals surface area (Å²) in [5.74, 6) is -1.54. The van der Waals surface area contributed by atoms with Crippen LogP contribution < -0.4 is 10.2 Å². The molecule has 21 heavy (non-hydrogen) atoms. The van der Waals surface area contributed by atoms with E-state index >= 15 is 0 Å². The van der Waals surface area contributed by atoms with E-state index in [9.17, 15) is 26.3 Å². The molecule has 1 aromatic carbocycles. The lowest BCUT2D eigenvalue weighted by Crippen LogP contribution is -2.38. The molecule has 1 unspecified atom stereocenters. The monoisotopic (exact) mass is 312 g/mol. The van der Waals surface area contributed by atoms with Gasteiger partial charge in [0.05, 0.1) is 11.5 Å². The van der Waals surface area contributed by atoms with Crippen molar-refractivity contribution in [1.29, 1.82) is 0 Å². The van der Waals surface area contributed by atoms with Gasteiger partial charge in [0.25, 0.3) is 0 Å². The number of anilines is 1. The lowest BCUT2D eigenvalue weighted by Gasteiger charge is -2.27. The van der Waals surface area contributed by atoms with Crippen molar-refractivity contribution in [2.45, 2.75) is 12.4 Å². The predicted molar refractivity (Wildman–Crippen MR) is 66.1 cm³/mol. The van der Waals surface area contributed by atoms with Gasteiger partial charge in [-0.25, -0.2) is 0 Å². The predicted octanol–water partition coefficient (Wildman–Crippen LogP) is 3.29. The Hall–Kier alpha value is -1.44. The molecule has 2 rings (SSSR count). The highest BCUT2D eigenvalue weighted by Gasteiger charge is 2.41. The fourth-order valence-electron chi connectivity index (χ4n) is 2.23. The van der Waals surface area contributed by atoms with Crippen molar-refractivity contribution in [1.82, 2.24) is 5.32 Å². The molecule has 1 aliphatic rings. The summed E-state index contributed by atoms with van der Waals surface area (Å²) in [6, 6.07) is 4.19. The van der Waals surface area contributed by atoms with E-state index in [1.807, 2.05) is 0 Å². The zero-order valence-electron chi connectivity index (χ0n) is 10.9. The number of alkyl halides is 6. The number of nitrogens with zero attached hydrogens (tertiary/aromatic N) is 1. The molecule has 0 amide bonds. The highest BCUT2D eigenvalue weighted by atomic mass is 19.4. The molecule has 1 atom stereocenters. The first kappa shape index (κ1) is 15.9. The van der Waals surface area contributed by atoms with E-state index in [0.717, 1.165) is 12.1 Å². The van der Waals surface area contributed by atoms with Gasteiger partial charge in [-0.2, -0.15) is 26.3 Å². The smallest absolute Gasteiger partial charge is 0.370 e. The van der Waals surface area contributed by atoms with Crippen molar-refractivity contribution < 1.29 is 26.3 Å². The van der Waals surface area contributed by atoms with Gasteiger partial charge in [0, 0.05) is 31.9 Å². The molecule has 0 aromatic heterocycles. The van der Waals surface area contributed by atoms with Crippen molar-refractivity contribution in [3.8, 4) is 0 Å². The Kier molecular flexibility index (Phi) is 4.36. The second-order valence-corrected chi connectivity index (χ2v) is 4.93. The van der Waals surface area contributed by atoms with Crippen LogP contribution in [0.15, 0.2) is 24.3 Å². The van der Waals surface area contributed by atoms with Crippen molar-refractivity contribution in [2.75, 3.05) is 31.1 Å². The van der Waals surface area contributed by atoms with Gasteiger partial charge in [0.2, 0.25) is 0 Å². The summed E-state index contributed by atoms with van der Waals surface area (Å²) in [5, 5.41) is 2.70. The van der Waals surface area contributed by atoms with Crippen LogP contribution in [-0.2, 0) is 6.18 Å². The normalized spacial score (nSPS) is 21.2. The third-order valence-corrected chi connectivity index (χ3v) is 3.41. The minimum atomic E-state index is -4.45. The lowest BCUT2D eigenvalue weighted by molar-refractivity contribution is -0.169. The van der Waals surface area contributed by atoms with Gasteiger partial charge in [0.1, 0.15) is 0 Å². The van der Waals surface area contributed by atoms with Gasteiger partial charge < -0.3 is 10.2 Å². The molecule has 8 heteroatoms. The number of hydrogen-bond acceptors (Lipinski definition) is 2. The van der Waals surface area contributed by atoms with Gasteiger partial charge in [-0.05, 0) is 24.3 Å². The summed E-state index contributed by atoms with van der Waals surface area (Å²) in [4.78, 5) is 1.46. The number of halogens is 6. The molecule has 0 saturated carbocycles. The van der Waals surface area contributed by atoms with Crippen molar-refractivity contribution in [3.05, 3.63) is 29.8 Å². The van der Waals surface area contributed by atoms with E-state index in [2.05, 4.69) is 5.32 Å². The van der Waals surface area contributed by atoms with Gasteiger partial charge in [-0.1, -0.05) is 0 Å². The minimum Gasteiger partial charge on any atom is -0.370 e. The molecule has 1 N–H and O–H groups in total. The van der Waals surface area contributed by atoms with Crippen LogP contribution in [0.25, 0.3) is 0 Å². The van der Waals surface area contributed by atoms with Crippen molar-refractivity contribution in [2.24, 2.45) is 5.92 Å². The fourth-order valence-corrected chi connectivity index (χ4v) is 2.23. The molecule has 1 aromatic rings. The maximum atomic E-state index is 12.8. The summed E-state index contributed by atoms with van der Waals surface area (Å²) in [6.45, 7) is 0.230. The Labute approximate surface area is 117 Å². The molecule has 118 valence electrons. The zero-order chi connectivity index (χ0) is 15.7. The van der Waals surface area contributed by atoms with Crippen LogP contribution in [0.1, 0.15) is 5.56 Å². The largest absolute Gasteiger partial charge is 0.416 e. The number of hydrogen-bond donors (Lipinski definition) is 1. The summed E-state index contributed by atoms with van der Waals surface area (Å²) in [5.41, 5.74) is -0.451. The first-order valence-electron chi connectivity index (χ1n) is 6.37. The maximum absolute atomic E-state index is 12.8. The second-order valence-electron chi connectivity index (χ2n) is 4.93. The maximum Gasteiger partial charge on any atom is 0.416 e. The Morgan fingerprint density at radius 1 is 1.00 bits per heavy atom. The molecule has 1 fully saturated rings. The van der Waals surface area contributed by atoms with Crippen LogP contribution in [-0.4, -0.2) is 32.4 Å². The van der Waals surface area contributed by atoms with Gasteiger partial charge >= 0.3 is 12.4 Å². The Morgan fingerprint density at radius 3 is 2.14 bits per heavy atom. The number of benzene rings is 1. The van der Waals surface area contributed by atoms with Crippen molar-refractivity contribution >= 4 is 5.69 Å². The van der Waals surface area contributed by atoms with E-state index in [1.54, 1.807) is 0 Å². The molecule has 1 aliphatic heterocycles. The molecule has 0 spiro atoms. The highest BCUT2D eigenvalue weighted by Crippen LogP contribution is 2.32. The number of nitrogens with one attached hydrogen (secondary N) is 1. The second kappa shape index (κ2) is 5.75. The van der Waals surface area contributed by atoms with Crippen LogP contribution in [0.2, 0.25) is 0 Å². The first-order chi connectivity index (χ1) is 9.68. The topological polar surface area (TPSA) is 15.3 Å². The Balaban J connectivity index is 2.16. The van der Waals surface area contributed by atoms with Crippen LogP contribution in [0, 0.1) is 5.92 Å². The van der Waals surface area contributed by atoms with Gasteiger partial charge in [0.15, 0.2) is 0 Å². The molecule has 1 heterocycles. The zero-order valence-corrected chi connectivity index (χ0v) is 10.9. The average molecular weight is 312 g/mol. The van der Waals surface area contributed by atoms with Crippen LogP contribution in [0.4, 0.5) is 32.0 Å². The van der Waals surface area contributed by atoms with Crippen LogP contribution in [0.3, 0.4) is 0 Å². The summed E-state index contributed by atoms with van der Waals surface area (Å²) in [7, 11) is 0. The molecule has 0 aliphatic carbocycles. The summed E-state index contributed by atoms with van der Waals surface area (Å²) < 4.78 is 75.9. The van der Waals surface area contributed by atoms with E-state index in [0.29, 0.717) is 18.8 Å². The fraction of sp³-hybridized carbons (Fsp3) is 0.538. The SMILES string of the molecule is FC(F)(F)c1ccc(N2CCNCC(C(F)(F)F)C2)cc1. The van der Waals surface area contributed by atoms with E-state index in [1.165, 1.54) is 17.0 Å². The first-order valence-corrected chi connectivity index (χ1v) is 6.37. The standard InChI is InChI=1S/C13H14F6N2/c14-12(15,16)9-1-3-11(4-2-9)21-6-5-20-7-10(8-21)13(17,18)19/h1-4,10,20H,5-8H2. The van der Waals surface area contributed by atoms with E-state index < -0.39 is 23.8 Å². The Morgan fingerprint density at radius 2 is 1.62 bits per heavy atom. The third-order valence-electron chi connectivity index (χ3n) is 3.41. The molecule has 0 radical (unpaired) electrons. The van der Waals surface area contributed by atoms with Gasteiger partial charge in [-0.3, -0.25) is 0 Å². The highest BCUT2D eigenvalue weighted by molar-refractivity contribution is 5.48. The van der Waals surface area contributed by atoms with Crippen LogP contribution >= 0.6 is 0 Å². The summed E-state index contributed by atoms with van der Waals surface area (Å²) >= 11 is 0. The minimum absolute atomic E-state index is 0.180. The molecular formula is C13H14F6N2. The van der Waals surface area contributed by atoms with Gasteiger partial charge in [-0.15, -0.1) is 0 Å². The molecule has 2 nitrogen and oxygen atoms in total. The lowest BCUT2D eigenvalue weighted by atomic mass is 10.1. The average Bonchev–Trinajstić information content (AvgIpc) is 2.63. The van der Waals surface area contributed by atoms with E-state index in [4.69, 9.17) is 0 Å². The van der Waals surface area contributed by atoms with Crippen molar-refractivity contribution in [3.63, 3.8) is 0 Å². The molecule has 1 saturated heterocycles. The quantitative estimate of drug-likeness (QED) is 0.801. The van der Waals surface area contributed by atoms with Crippen LogP contribution in [0.5, 0.6) is 0 Å². The number of rotatable bonds is 1. The Bertz CT molecular complexity index is 465. The third kappa shape index (κ3) is 4.03.